The van der Waals surface area contributed by atoms with Gasteiger partial charge in [-0.25, -0.2) is 14.4 Å². The molecule has 0 aromatic rings. The summed E-state index contributed by atoms with van der Waals surface area (Å²) in [6, 6.07) is 0. The third-order valence-electron chi connectivity index (χ3n) is 0.791. The van der Waals surface area contributed by atoms with Crippen LogP contribution in [0.2, 0.25) is 0 Å². The van der Waals surface area contributed by atoms with Crippen molar-refractivity contribution in [2.75, 3.05) is 6.79 Å². The highest BCUT2D eigenvalue weighted by Crippen LogP contribution is 1.84. The fraction of sp³-hybridized carbons (Fsp3) is 0.167. The molecule has 0 atom stereocenters. The van der Waals surface area contributed by atoms with Crippen molar-refractivity contribution in [2.24, 2.45) is 11.5 Å². The molecule has 0 bridgehead atoms. The van der Waals surface area contributed by atoms with Crippen LogP contribution in [0.1, 0.15) is 0 Å². The van der Waals surface area contributed by atoms with Crippen LogP contribution in [0.5, 0.6) is 0 Å². The van der Waals surface area contributed by atoms with Gasteiger partial charge >= 0.3 is 18.2 Å². The van der Waals surface area contributed by atoms with Crippen molar-refractivity contribution in [1.29, 1.82) is 0 Å². The largest absolute Gasteiger partial charge is 0.425 e. The first kappa shape index (κ1) is 11.8. The number of rotatable bonds is 4. The van der Waals surface area contributed by atoms with Crippen molar-refractivity contribution in [3.63, 3.8) is 0 Å². The normalized spacial score (nSPS) is 9.43. The van der Waals surface area contributed by atoms with Crippen molar-refractivity contribution in [3.05, 3.63) is 12.3 Å². The molecule has 0 aliphatic rings. The lowest BCUT2D eigenvalue weighted by Crippen LogP contribution is -2.16. The minimum absolute atomic E-state index is 0.616. The molecule has 78 valence electrons. The van der Waals surface area contributed by atoms with Crippen molar-refractivity contribution >= 4 is 18.2 Å². The number of carbonyl (C=O) groups is 3. The number of amides is 2. The Labute approximate surface area is 78.4 Å². The summed E-state index contributed by atoms with van der Waals surface area (Å²) in [5.41, 5.74) is 9.13. The molecule has 0 aliphatic carbocycles. The van der Waals surface area contributed by atoms with E-state index in [-0.39, 0.29) is 0 Å². The lowest BCUT2D eigenvalue weighted by Gasteiger charge is -2.00. The molecule has 0 spiro atoms. The highest BCUT2D eigenvalue weighted by Gasteiger charge is 1.99. The number of primary amides is 2. The van der Waals surface area contributed by atoms with E-state index >= 15 is 0 Å². The molecular formula is C6H8N2O6. The quantitative estimate of drug-likeness (QED) is 0.266. The SMILES string of the molecule is NC(=O)OC=CC(=O)OCOC(N)=O. The van der Waals surface area contributed by atoms with Gasteiger partial charge in [-0.15, -0.1) is 0 Å². The third kappa shape index (κ3) is 7.85. The molecule has 0 aliphatic heterocycles. The Bertz CT molecular complexity index is 261. The average molecular weight is 204 g/mol. The van der Waals surface area contributed by atoms with Crippen LogP contribution in [0, 0.1) is 0 Å². The number of carbonyl (C=O) groups excluding carboxylic acids is 3. The van der Waals surface area contributed by atoms with Crippen molar-refractivity contribution < 1.29 is 28.6 Å². The van der Waals surface area contributed by atoms with E-state index in [1.807, 2.05) is 0 Å². The maximum absolute atomic E-state index is 10.6. The van der Waals surface area contributed by atoms with Crippen molar-refractivity contribution in [2.45, 2.75) is 0 Å². The fourth-order valence-electron chi connectivity index (χ4n) is 0.350. The molecule has 2 amide bonds. The Balaban J connectivity index is 3.60. The summed E-state index contributed by atoms with van der Waals surface area (Å²) in [6.07, 6.45) is -0.637. The van der Waals surface area contributed by atoms with Crippen LogP contribution in [-0.4, -0.2) is 24.9 Å². The van der Waals surface area contributed by atoms with Crippen molar-refractivity contribution in [3.8, 4) is 0 Å². The van der Waals surface area contributed by atoms with Gasteiger partial charge in [0.05, 0.1) is 6.08 Å². The average Bonchev–Trinajstić information content (AvgIpc) is 2.02. The fourth-order valence-corrected chi connectivity index (χ4v) is 0.350. The second kappa shape index (κ2) is 6.29. The zero-order valence-electron chi connectivity index (χ0n) is 6.97. The van der Waals surface area contributed by atoms with Gasteiger partial charge in [0, 0.05) is 0 Å². The summed E-state index contributed by atoms with van der Waals surface area (Å²) < 4.78 is 12.4. The summed E-state index contributed by atoms with van der Waals surface area (Å²) >= 11 is 0. The number of hydrogen-bond acceptors (Lipinski definition) is 6. The van der Waals surface area contributed by atoms with E-state index in [0.717, 1.165) is 12.3 Å². The first-order valence-electron chi connectivity index (χ1n) is 3.24. The second-order valence-electron chi connectivity index (χ2n) is 1.78. The van der Waals surface area contributed by atoms with Gasteiger partial charge in [0.2, 0.25) is 6.79 Å². The third-order valence-corrected chi connectivity index (χ3v) is 0.791. The van der Waals surface area contributed by atoms with Crippen LogP contribution >= 0.6 is 0 Å². The summed E-state index contributed by atoms with van der Waals surface area (Å²) in [5, 5.41) is 0. The van der Waals surface area contributed by atoms with E-state index in [4.69, 9.17) is 0 Å². The topological polar surface area (TPSA) is 131 Å². The molecule has 8 heteroatoms. The zero-order chi connectivity index (χ0) is 11.0. The van der Waals surface area contributed by atoms with Crippen LogP contribution in [-0.2, 0) is 19.0 Å². The Kier molecular flexibility index (Phi) is 5.28. The molecule has 0 radical (unpaired) electrons. The summed E-state index contributed by atoms with van der Waals surface area (Å²) in [6.45, 7) is -0.616. The molecule has 14 heavy (non-hydrogen) atoms. The van der Waals surface area contributed by atoms with Gasteiger partial charge in [0.15, 0.2) is 0 Å². The number of nitrogens with two attached hydrogens (primary N) is 2. The van der Waals surface area contributed by atoms with E-state index < -0.39 is 24.9 Å². The molecule has 4 N–H and O–H groups in total. The van der Waals surface area contributed by atoms with Gasteiger partial charge in [0.25, 0.3) is 0 Å². The molecule has 0 aromatic heterocycles. The number of ether oxygens (including phenoxy) is 3. The molecule has 0 fully saturated rings. The van der Waals surface area contributed by atoms with Gasteiger partial charge in [-0.05, 0) is 0 Å². The number of esters is 1. The van der Waals surface area contributed by atoms with E-state index in [1.54, 1.807) is 0 Å². The molecule has 8 nitrogen and oxygen atoms in total. The predicted octanol–water partition coefficient (Wildman–Crippen LogP) is -0.809. The summed E-state index contributed by atoms with van der Waals surface area (Å²) in [4.78, 5) is 30.6. The summed E-state index contributed by atoms with van der Waals surface area (Å²) in [5.74, 6) is -0.882. The van der Waals surface area contributed by atoms with Gasteiger partial charge in [-0.2, -0.15) is 0 Å². The summed E-state index contributed by atoms with van der Waals surface area (Å²) in [7, 11) is 0. The van der Waals surface area contributed by atoms with Crippen LogP contribution in [0.4, 0.5) is 9.59 Å². The Morgan fingerprint density at radius 3 is 2.21 bits per heavy atom. The molecule has 0 saturated heterocycles. The lowest BCUT2D eigenvalue weighted by atomic mass is 10.6. The minimum atomic E-state index is -1.07. The Hall–Kier alpha value is -2.25. The van der Waals surface area contributed by atoms with E-state index in [2.05, 4.69) is 25.7 Å². The van der Waals surface area contributed by atoms with E-state index in [1.165, 1.54) is 0 Å². The van der Waals surface area contributed by atoms with Crippen LogP contribution in [0.15, 0.2) is 12.3 Å². The van der Waals surface area contributed by atoms with E-state index in [9.17, 15) is 14.4 Å². The molecule has 0 heterocycles. The van der Waals surface area contributed by atoms with Crippen LogP contribution < -0.4 is 11.5 Å². The smallest absolute Gasteiger partial charge is 0.409 e. The van der Waals surface area contributed by atoms with E-state index in [0.29, 0.717) is 0 Å². The molecule has 0 rings (SSSR count). The van der Waals surface area contributed by atoms with Crippen molar-refractivity contribution in [1.82, 2.24) is 0 Å². The maximum Gasteiger partial charge on any atom is 0.409 e. The predicted molar refractivity (Wildman–Crippen MR) is 41.4 cm³/mol. The monoisotopic (exact) mass is 204 g/mol. The highest BCUT2D eigenvalue weighted by molar-refractivity contribution is 5.82. The maximum atomic E-state index is 10.6. The van der Waals surface area contributed by atoms with Gasteiger partial charge < -0.3 is 25.7 Å². The Morgan fingerprint density at radius 1 is 1.07 bits per heavy atom. The molecule has 0 unspecified atom stereocenters. The zero-order valence-corrected chi connectivity index (χ0v) is 6.97. The lowest BCUT2D eigenvalue weighted by molar-refractivity contribution is -0.145. The molecular weight excluding hydrogens is 196 g/mol. The van der Waals surface area contributed by atoms with Gasteiger partial charge in [0.1, 0.15) is 6.26 Å². The van der Waals surface area contributed by atoms with Gasteiger partial charge in [-0.3, -0.25) is 0 Å². The minimum Gasteiger partial charge on any atom is -0.425 e. The highest BCUT2D eigenvalue weighted by atomic mass is 16.7. The Morgan fingerprint density at radius 2 is 1.71 bits per heavy atom. The molecule has 0 saturated carbocycles. The van der Waals surface area contributed by atoms with Crippen LogP contribution in [0.25, 0.3) is 0 Å². The van der Waals surface area contributed by atoms with Crippen LogP contribution in [0.3, 0.4) is 0 Å². The second-order valence-corrected chi connectivity index (χ2v) is 1.78. The number of hydrogen-bond donors (Lipinski definition) is 2. The first-order chi connectivity index (χ1) is 6.52. The molecule has 0 aromatic carbocycles. The van der Waals surface area contributed by atoms with Gasteiger partial charge in [-0.1, -0.05) is 0 Å². The first-order valence-corrected chi connectivity index (χ1v) is 3.24. The standard InChI is InChI=1S/C6H8N2O6/c7-5(10)12-2-1-4(9)13-3-14-6(8)11/h1-2H,3H2,(H2,7,10)(H2,8,11).